The molecule has 72 valence electrons. The first kappa shape index (κ1) is 9.16. The van der Waals surface area contributed by atoms with E-state index >= 15 is 0 Å². The summed E-state index contributed by atoms with van der Waals surface area (Å²) in [6, 6.07) is 8.46. The Labute approximate surface area is 84.0 Å². The van der Waals surface area contributed by atoms with Gasteiger partial charge in [-0.3, -0.25) is 4.98 Å². The van der Waals surface area contributed by atoms with Crippen molar-refractivity contribution in [2.75, 3.05) is 13.6 Å². The Morgan fingerprint density at radius 3 is 3.07 bits per heavy atom. The number of rotatable bonds is 3. The largest absolute Gasteiger partial charge is 0.319 e. The van der Waals surface area contributed by atoms with E-state index in [1.807, 2.05) is 19.4 Å². The molecule has 2 nitrogen and oxygen atoms in total. The highest BCUT2D eigenvalue weighted by Gasteiger charge is 1.98. The molecule has 1 aromatic carbocycles. The van der Waals surface area contributed by atoms with E-state index in [1.54, 1.807) is 0 Å². The van der Waals surface area contributed by atoms with Gasteiger partial charge in [0.2, 0.25) is 0 Å². The van der Waals surface area contributed by atoms with Gasteiger partial charge in [0.25, 0.3) is 0 Å². The Hall–Kier alpha value is -1.41. The number of pyridine rings is 1. The van der Waals surface area contributed by atoms with E-state index in [0.29, 0.717) is 0 Å². The maximum Gasteiger partial charge on any atom is 0.0346 e. The SMILES string of the molecule is CNCCc1cccc2cnccc12. The molecule has 1 aromatic heterocycles. The summed E-state index contributed by atoms with van der Waals surface area (Å²) in [7, 11) is 1.98. The fourth-order valence-corrected chi connectivity index (χ4v) is 1.67. The van der Waals surface area contributed by atoms with Gasteiger partial charge in [0.05, 0.1) is 0 Å². The predicted molar refractivity (Wildman–Crippen MR) is 59.4 cm³/mol. The normalized spacial score (nSPS) is 10.6. The number of hydrogen-bond donors (Lipinski definition) is 1. The minimum Gasteiger partial charge on any atom is -0.319 e. The second-order valence-corrected chi connectivity index (χ2v) is 3.37. The highest BCUT2D eigenvalue weighted by Crippen LogP contribution is 2.17. The number of benzene rings is 1. The van der Waals surface area contributed by atoms with Crippen molar-refractivity contribution in [2.45, 2.75) is 6.42 Å². The molecule has 0 amide bonds. The van der Waals surface area contributed by atoms with Crippen LogP contribution in [0.5, 0.6) is 0 Å². The van der Waals surface area contributed by atoms with Crippen molar-refractivity contribution in [3.05, 3.63) is 42.2 Å². The number of hydrogen-bond acceptors (Lipinski definition) is 2. The molecule has 0 saturated carbocycles. The fraction of sp³-hybridized carbons (Fsp3) is 0.250. The molecule has 2 heteroatoms. The van der Waals surface area contributed by atoms with Gasteiger partial charge >= 0.3 is 0 Å². The van der Waals surface area contributed by atoms with Crippen molar-refractivity contribution >= 4 is 10.8 Å². The summed E-state index contributed by atoms with van der Waals surface area (Å²) in [6.07, 6.45) is 4.83. The standard InChI is InChI=1S/C12H14N2/c1-13-7-5-10-3-2-4-11-9-14-8-6-12(10)11/h2-4,6,8-9,13H,5,7H2,1H3. The summed E-state index contributed by atoms with van der Waals surface area (Å²) in [6.45, 7) is 1.02. The summed E-state index contributed by atoms with van der Waals surface area (Å²) < 4.78 is 0. The lowest BCUT2D eigenvalue weighted by Gasteiger charge is -2.05. The average Bonchev–Trinajstić information content (AvgIpc) is 2.26. The van der Waals surface area contributed by atoms with Crippen molar-refractivity contribution in [2.24, 2.45) is 0 Å². The van der Waals surface area contributed by atoms with Gasteiger partial charge in [-0.05, 0) is 37.0 Å². The third-order valence-corrected chi connectivity index (χ3v) is 2.42. The van der Waals surface area contributed by atoms with E-state index in [-0.39, 0.29) is 0 Å². The second kappa shape index (κ2) is 4.20. The van der Waals surface area contributed by atoms with Gasteiger partial charge in [0.1, 0.15) is 0 Å². The van der Waals surface area contributed by atoms with E-state index < -0.39 is 0 Å². The minimum atomic E-state index is 1.02. The lowest BCUT2D eigenvalue weighted by molar-refractivity contribution is 0.795. The lowest BCUT2D eigenvalue weighted by Crippen LogP contribution is -2.10. The minimum absolute atomic E-state index is 1.02. The van der Waals surface area contributed by atoms with Crippen LogP contribution in [0, 0.1) is 0 Å². The third kappa shape index (κ3) is 1.75. The molecular formula is C12H14N2. The maximum atomic E-state index is 4.12. The molecule has 0 atom stereocenters. The number of nitrogens with one attached hydrogen (secondary N) is 1. The van der Waals surface area contributed by atoms with E-state index in [0.717, 1.165) is 13.0 Å². The summed E-state index contributed by atoms with van der Waals surface area (Å²) >= 11 is 0. The molecule has 14 heavy (non-hydrogen) atoms. The molecule has 1 heterocycles. The van der Waals surface area contributed by atoms with Crippen molar-refractivity contribution < 1.29 is 0 Å². The Morgan fingerprint density at radius 2 is 2.21 bits per heavy atom. The molecular weight excluding hydrogens is 172 g/mol. The summed E-state index contributed by atoms with van der Waals surface area (Å²) in [5.74, 6) is 0. The van der Waals surface area contributed by atoms with Crippen LogP contribution < -0.4 is 5.32 Å². The first-order chi connectivity index (χ1) is 6.92. The van der Waals surface area contributed by atoms with Crippen molar-refractivity contribution in [1.29, 1.82) is 0 Å². The van der Waals surface area contributed by atoms with Crippen LogP contribution >= 0.6 is 0 Å². The molecule has 0 unspecified atom stereocenters. The molecule has 1 N–H and O–H groups in total. The van der Waals surface area contributed by atoms with Crippen LogP contribution in [-0.2, 0) is 6.42 Å². The molecule has 2 aromatic rings. The van der Waals surface area contributed by atoms with Crippen LogP contribution in [0.15, 0.2) is 36.7 Å². The summed E-state index contributed by atoms with van der Waals surface area (Å²) in [5, 5.41) is 5.71. The highest BCUT2D eigenvalue weighted by atomic mass is 14.8. The smallest absolute Gasteiger partial charge is 0.0346 e. The quantitative estimate of drug-likeness (QED) is 0.793. The monoisotopic (exact) mass is 186 g/mol. The molecule has 0 radical (unpaired) electrons. The maximum absolute atomic E-state index is 4.12. The number of nitrogens with zero attached hydrogens (tertiary/aromatic N) is 1. The first-order valence-electron chi connectivity index (χ1n) is 4.88. The van der Waals surface area contributed by atoms with Crippen LogP contribution in [0.2, 0.25) is 0 Å². The molecule has 2 rings (SSSR count). The molecule has 0 fully saturated rings. The third-order valence-electron chi connectivity index (χ3n) is 2.42. The van der Waals surface area contributed by atoms with Gasteiger partial charge in [-0.25, -0.2) is 0 Å². The van der Waals surface area contributed by atoms with Gasteiger partial charge in [0.15, 0.2) is 0 Å². The van der Waals surface area contributed by atoms with Crippen LogP contribution in [0.3, 0.4) is 0 Å². The molecule has 0 aliphatic rings. The molecule has 0 aliphatic carbocycles. The van der Waals surface area contributed by atoms with Gasteiger partial charge in [-0.2, -0.15) is 0 Å². The number of likely N-dealkylation sites (N-methyl/N-ethyl adjacent to an activating group) is 1. The molecule has 0 saturated heterocycles. The van der Waals surface area contributed by atoms with Crippen molar-refractivity contribution in [3.8, 4) is 0 Å². The summed E-state index contributed by atoms with van der Waals surface area (Å²) in [4.78, 5) is 4.12. The molecule has 0 aliphatic heterocycles. The van der Waals surface area contributed by atoms with Gasteiger partial charge in [-0.1, -0.05) is 18.2 Å². The zero-order chi connectivity index (χ0) is 9.80. The van der Waals surface area contributed by atoms with Crippen LogP contribution in [0.4, 0.5) is 0 Å². The lowest BCUT2D eigenvalue weighted by atomic mass is 10.0. The average molecular weight is 186 g/mol. The van der Waals surface area contributed by atoms with Crippen LogP contribution in [0.25, 0.3) is 10.8 Å². The van der Waals surface area contributed by atoms with Crippen molar-refractivity contribution in [1.82, 2.24) is 10.3 Å². The van der Waals surface area contributed by atoms with Crippen LogP contribution in [0.1, 0.15) is 5.56 Å². The van der Waals surface area contributed by atoms with E-state index in [2.05, 4.69) is 34.6 Å². The number of fused-ring (bicyclic) bond motifs is 1. The van der Waals surface area contributed by atoms with E-state index in [4.69, 9.17) is 0 Å². The zero-order valence-corrected chi connectivity index (χ0v) is 8.33. The topological polar surface area (TPSA) is 24.9 Å². The summed E-state index contributed by atoms with van der Waals surface area (Å²) in [5.41, 5.74) is 1.39. The van der Waals surface area contributed by atoms with Gasteiger partial charge in [-0.15, -0.1) is 0 Å². The first-order valence-corrected chi connectivity index (χ1v) is 4.88. The van der Waals surface area contributed by atoms with Gasteiger partial charge < -0.3 is 5.32 Å². The Balaban J connectivity index is 2.43. The van der Waals surface area contributed by atoms with Crippen molar-refractivity contribution in [3.63, 3.8) is 0 Å². The Bertz CT molecular complexity index is 418. The van der Waals surface area contributed by atoms with Gasteiger partial charge in [0, 0.05) is 17.8 Å². The number of aromatic nitrogens is 1. The fourth-order valence-electron chi connectivity index (χ4n) is 1.67. The van der Waals surface area contributed by atoms with E-state index in [9.17, 15) is 0 Å². The van der Waals surface area contributed by atoms with E-state index in [1.165, 1.54) is 16.3 Å². The zero-order valence-electron chi connectivity index (χ0n) is 8.33. The molecule has 0 bridgehead atoms. The highest BCUT2D eigenvalue weighted by molar-refractivity contribution is 5.84. The Kier molecular flexibility index (Phi) is 2.75. The van der Waals surface area contributed by atoms with Crippen LogP contribution in [-0.4, -0.2) is 18.6 Å². The predicted octanol–water partition coefficient (Wildman–Crippen LogP) is 2.00. The molecule has 0 spiro atoms. The Morgan fingerprint density at radius 1 is 1.29 bits per heavy atom. The second-order valence-electron chi connectivity index (χ2n) is 3.37.